The molecule has 0 aliphatic heterocycles. The molecule has 7 heteroatoms. The van der Waals surface area contributed by atoms with Crippen LogP contribution in [-0.4, -0.2) is 27.9 Å². The predicted octanol–water partition coefficient (Wildman–Crippen LogP) is 4.00. The van der Waals surface area contributed by atoms with E-state index in [9.17, 15) is 13.2 Å². The van der Waals surface area contributed by atoms with Crippen molar-refractivity contribution in [2.24, 2.45) is 0 Å². The normalized spacial score (nSPS) is 11.2. The van der Waals surface area contributed by atoms with E-state index < -0.39 is 10.0 Å². The lowest BCUT2D eigenvalue weighted by molar-refractivity contribution is 0.0953. The summed E-state index contributed by atoms with van der Waals surface area (Å²) in [5, 5.41) is 3.31. The molecule has 0 saturated heterocycles. The first-order valence-electron chi connectivity index (χ1n) is 8.40. The summed E-state index contributed by atoms with van der Waals surface area (Å²) in [4.78, 5) is 12.4. The van der Waals surface area contributed by atoms with Gasteiger partial charge in [-0.25, -0.2) is 8.42 Å². The standard InChI is InChI=1S/C19H23ClN2O3S/c1-4-5-12-21-19(23)15-7-6-14(2)18(13-15)22(3)26(24,25)17-10-8-16(20)9-11-17/h6-11,13H,4-5,12H2,1-3H3,(H,21,23). The van der Waals surface area contributed by atoms with Crippen LogP contribution in [0, 0.1) is 6.92 Å². The molecule has 0 bridgehead atoms. The van der Waals surface area contributed by atoms with Gasteiger partial charge in [0, 0.05) is 24.2 Å². The smallest absolute Gasteiger partial charge is 0.264 e. The third-order valence-electron chi connectivity index (χ3n) is 4.10. The van der Waals surface area contributed by atoms with E-state index in [1.165, 1.54) is 35.6 Å². The number of nitrogens with one attached hydrogen (secondary N) is 1. The van der Waals surface area contributed by atoms with Crippen molar-refractivity contribution in [2.75, 3.05) is 17.9 Å². The minimum atomic E-state index is -3.75. The fourth-order valence-corrected chi connectivity index (χ4v) is 3.84. The average Bonchev–Trinajstić information content (AvgIpc) is 2.62. The molecule has 2 aromatic carbocycles. The molecule has 140 valence electrons. The summed E-state index contributed by atoms with van der Waals surface area (Å²) in [7, 11) is -2.27. The van der Waals surface area contributed by atoms with E-state index in [1.807, 2.05) is 13.8 Å². The summed E-state index contributed by atoms with van der Waals surface area (Å²) in [6.07, 6.45) is 1.89. The average molecular weight is 395 g/mol. The van der Waals surface area contributed by atoms with Gasteiger partial charge in [-0.3, -0.25) is 9.10 Å². The molecule has 5 nitrogen and oxygen atoms in total. The molecule has 0 radical (unpaired) electrons. The van der Waals surface area contributed by atoms with E-state index >= 15 is 0 Å². The highest BCUT2D eigenvalue weighted by atomic mass is 35.5. The Labute approximate surface area is 160 Å². The number of rotatable bonds is 7. The first kappa shape index (κ1) is 20.3. The summed E-state index contributed by atoms with van der Waals surface area (Å²) in [6.45, 7) is 4.45. The Morgan fingerprint density at radius 1 is 1.15 bits per heavy atom. The molecule has 0 heterocycles. The Morgan fingerprint density at radius 3 is 2.42 bits per heavy atom. The van der Waals surface area contributed by atoms with Crippen molar-refractivity contribution in [1.29, 1.82) is 0 Å². The third kappa shape index (κ3) is 4.56. The van der Waals surface area contributed by atoms with Crippen LogP contribution in [-0.2, 0) is 10.0 Å². The molecular formula is C19H23ClN2O3S. The monoisotopic (exact) mass is 394 g/mol. The highest BCUT2D eigenvalue weighted by Gasteiger charge is 2.23. The van der Waals surface area contributed by atoms with Gasteiger partial charge >= 0.3 is 0 Å². The van der Waals surface area contributed by atoms with Gasteiger partial charge < -0.3 is 5.32 Å². The molecule has 0 saturated carbocycles. The molecule has 1 N–H and O–H groups in total. The summed E-state index contributed by atoms with van der Waals surface area (Å²) in [5.74, 6) is -0.211. The molecular weight excluding hydrogens is 372 g/mol. The molecule has 0 unspecified atom stereocenters. The van der Waals surface area contributed by atoms with Gasteiger partial charge in [-0.2, -0.15) is 0 Å². The zero-order chi connectivity index (χ0) is 19.3. The van der Waals surface area contributed by atoms with Gasteiger partial charge in [-0.1, -0.05) is 31.0 Å². The molecule has 1 amide bonds. The number of halogens is 1. The second-order valence-electron chi connectivity index (χ2n) is 6.04. The molecule has 0 fully saturated rings. The van der Waals surface area contributed by atoms with Gasteiger partial charge in [0.1, 0.15) is 0 Å². The van der Waals surface area contributed by atoms with E-state index in [1.54, 1.807) is 18.2 Å². The maximum atomic E-state index is 12.9. The number of carbonyl (C=O) groups excluding carboxylic acids is 1. The Kier molecular flexibility index (Phi) is 6.67. The number of unbranched alkanes of at least 4 members (excludes halogenated alkanes) is 1. The minimum Gasteiger partial charge on any atom is -0.352 e. The molecule has 0 aliphatic rings. The number of hydrogen-bond donors (Lipinski definition) is 1. The van der Waals surface area contributed by atoms with E-state index in [2.05, 4.69) is 5.32 Å². The van der Waals surface area contributed by atoms with Crippen LogP contribution in [0.2, 0.25) is 5.02 Å². The van der Waals surface area contributed by atoms with Crippen molar-refractivity contribution >= 4 is 33.2 Å². The molecule has 26 heavy (non-hydrogen) atoms. The fraction of sp³-hybridized carbons (Fsp3) is 0.316. The largest absolute Gasteiger partial charge is 0.352 e. The lowest BCUT2D eigenvalue weighted by atomic mass is 10.1. The predicted molar refractivity (Wildman–Crippen MR) is 105 cm³/mol. The quantitative estimate of drug-likeness (QED) is 0.721. The highest BCUT2D eigenvalue weighted by molar-refractivity contribution is 7.92. The minimum absolute atomic E-state index is 0.140. The number of hydrogen-bond acceptors (Lipinski definition) is 3. The number of benzene rings is 2. The van der Waals surface area contributed by atoms with E-state index in [-0.39, 0.29) is 10.8 Å². The lowest BCUT2D eigenvalue weighted by Gasteiger charge is -2.22. The number of carbonyl (C=O) groups is 1. The van der Waals surface area contributed by atoms with Crippen LogP contribution in [0.4, 0.5) is 5.69 Å². The van der Waals surface area contributed by atoms with Gasteiger partial charge in [0.25, 0.3) is 15.9 Å². The topological polar surface area (TPSA) is 66.5 Å². The number of nitrogens with zero attached hydrogens (tertiary/aromatic N) is 1. The molecule has 0 aliphatic carbocycles. The van der Waals surface area contributed by atoms with Gasteiger partial charge in [-0.05, 0) is 55.3 Å². The maximum Gasteiger partial charge on any atom is 0.264 e. The van der Waals surface area contributed by atoms with Crippen LogP contribution in [0.3, 0.4) is 0 Å². The highest BCUT2D eigenvalue weighted by Crippen LogP contribution is 2.27. The van der Waals surface area contributed by atoms with Gasteiger partial charge in [0.05, 0.1) is 10.6 Å². The van der Waals surface area contributed by atoms with Gasteiger partial charge in [0.15, 0.2) is 0 Å². The van der Waals surface area contributed by atoms with Crippen LogP contribution in [0.1, 0.15) is 35.7 Å². The van der Waals surface area contributed by atoms with Crippen molar-refractivity contribution in [2.45, 2.75) is 31.6 Å². The zero-order valence-corrected chi connectivity index (χ0v) is 16.7. The number of amides is 1. The second-order valence-corrected chi connectivity index (χ2v) is 8.44. The SMILES string of the molecule is CCCCNC(=O)c1ccc(C)c(N(C)S(=O)(=O)c2ccc(Cl)cc2)c1. The number of sulfonamides is 1. The summed E-state index contributed by atoms with van der Waals surface area (Å²) in [5.41, 5.74) is 1.65. The van der Waals surface area contributed by atoms with Gasteiger partial charge in [-0.15, -0.1) is 0 Å². The van der Waals surface area contributed by atoms with Crippen molar-refractivity contribution in [1.82, 2.24) is 5.32 Å². The maximum absolute atomic E-state index is 12.9. The van der Waals surface area contributed by atoms with E-state index in [0.29, 0.717) is 22.8 Å². The van der Waals surface area contributed by atoms with Crippen LogP contribution in [0.25, 0.3) is 0 Å². The second kappa shape index (κ2) is 8.56. The first-order valence-corrected chi connectivity index (χ1v) is 10.2. The fourth-order valence-electron chi connectivity index (χ4n) is 2.46. The molecule has 0 spiro atoms. The summed E-state index contributed by atoms with van der Waals surface area (Å²) >= 11 is 5.84. The zero-order valence-electron chi connectivity index (χ0n) is 15.1. The lowest BCUT2D eigenvalue weighted by Crippen LogP contribution is -2.28. The van der Waals surface area contributed by atoms with E-state index in [0.717, 1.165) is 18.4 Å². The van der Waals surface area contributed by atoms with Crippen molar-refractivity contribution in [3.63, 3.8) is 0 Å². The van der Waals surface area contributed by atoms with Crippen molar-refractivity contribution in [3.8, 4) is 0 Å². The molecule has 2 rings (SSSR count). The molecule has 2 aromatic rings. The summed E-state index contributed by atoms with van der Waals surface area (Å²) < 4.78 is 26.9. The number of anilines is 1. The van der Waals surface area contributed by atoms with Crippen LogP contribution < -0.4 is 9.62 Å². The molecule has 0 aromatic heterocycles. The van der Waals surface area contributed by atoms with Gasteiger partial charge in [0.2, 0.25) is 0 Å². The van der Waals surface area contributed by atoms with Crippen LogP contribution in [0.5, 0.6) is 0 Å². The van der Waals surface area contributed by atoms with Crippen LogP contribution in [0.15, 0.2) is 47.4 Å². The Bertz CT molecular complexity index is 880. The first-order chi connectivity index (χ1) is 12.3. The number of aryl methyl sites for hydroxylation is 1. The van der Waals surface area contributed by atoms with Crippen molar-refractivity contribution < 1.29 is 13.2 Å². The van der Waals surface area contributed by atoms with Crippen molar-refractivity contribution in [3.05, 3.63) is 58.6 Å². The van der Waals surface area contributed by atoms with Crippen LogP contribution >= 0.6 is 11.6 Å². The Hall–Kier alpha value is -2.05. The third-order valence-corrected chi connectivity index (χ3v) is 6.14. The van der Waals surface area contributed by atoms with E-state index in [4.69, 9.17) is 11.6 Å². The molecule has 0 atom stereocenters. The Morgan fingerprint density at radius 2 is 1.81 bits per heavy atom. The summed E-state index contributed by atoms with van der Waals surface area (Å²) in [6, 6.07) is 11.0. The Balaban J connectivity index is 2.33.